The van der Waals surface area contributed by atoms with Crippen molar-refractivity contribution < 1.29 is 9.53 Å². The van der Waals surface area contributed by atoms with Crippen LogP contribution in [0.4, 0.5) is 0 Å². The molecule has 18 heavy (non-hydrogen) atoms. The summed E-state index contributed by atoms with van der Waals surface area (Å²) in [7, 11) is 0. The lowest BCUT2D eigenvalue weighted by atomic mass is 10.0. The van der Waals surface area contributed by atoms with Gasteiger partial charge < -0.3 is 15.4 Å². The van der Waals surface area contributed by atoms with E-state index in [1.54, 1.807) is 0 Å². The van der Waals surface area contributed by atoms with Gasteiger partial charge in [0.15, 0.2) is 0 Å². The van der Waals surface area contributed by atoms with Crippen molar-refractivity contribution >= 4 is 18.3 Å². The third kappa shape index (κ3) is 7.19. The van der Waals surface area contributed by atoms with Gasteiger partial charge >= 0.3 is 0 Å². The molecule has 0 aliphatic carbocycles. The fraction of sp³-hybridized carbons (Fsp3) is 0.923. The van der Waals surface area contributed by atoms with Crippen LogP contribution in [0.1, 0.15) is 40.0 Å². The third-order valence-electron chi connectivity index (χ3n) is 3.05. The highest BCUT2D eigenvalue weighted by Gasteiger charge is 2.21. The molecule has 0 aromatic carbocycles. The van der Waals surface area contributed by atoms with Crippen molar-refractivity contribution in [3.8, 4) is 0 Å². The van der Waals surface area contributed by atoms with Crippen LogP contribution in [0.2, 0.25) is 0 Å². The first-order valence-electron chi connectivity index (χ1n) is 6.71. The van der Waals surface area contributed by atoms with Crippen molar-refractivity contribution in [1.29, 1.82) is 0 Å². The summed E-state index contributed by atoms with van der Waals surface area (Å²) in [4.78, 5) is 11.9. The normalized spacial score (nSPS) is 21.2. The van der Waals surface area contributed by atoms with Crippen LogP contribution in [0.25, 0.3) is 0 Å². The molecule has 1 saturated heterocycles. The number of carbonyl (C=O) groups excluding carboxylic acids is 1. The van der Waals surface area contributed by atoms with Crippen LogP contribution >= 0.6 is 12.4 Å². The molecule has 0 spiro atoms. The Bertz CT molecular complexity index is 231. The molecule has 1 fully saturated rings. The van der Waals surface area contributed by atoms with E-state index in [2.05, 4.69) is 31.4 Å². The zero-order chi connectivity index (χ0) is 12.7. The van der Waals surface area contributed by atoms with E-state index >= 15 is 0 Å². The molecule has 1 rings (SSSR count). The molecular formula is C13H27ClN2O2. The lowest BCUT2D eigenvalue weighted by molar-refractivity contribution is -0.126. The van der Waals surface area contributed by atoms with Crippen molar-refractivity contribution in [1.82, 2.24) is 10.6 Å². The number of hydrogen-bond donors (Lipinski definition) is 2. The summed E-state index contributed by atoms with van der Waals surface area (Å²) in [5.74, 6) is 0.813. The van der Waals surface area contributed by atoms with Gasteiger partial charge in [-0.25, -0.2) is 0 Å². The monoisotopic (exact) mass is 278 g/mol. The minimum Gasteiger partial charge on any atom is -0.378 e. The number of morpholine rings is 1. The molecule has 2 unspecified atom stereocenters. The molecule has 1 aliphatic rings. The Morgan fingerprint density at radius 3 is 2.67 bits per heavy atom. The van der Waals surface area contributed by atoms with Gasteiger partial charge in [0.25, 0.3) is 0 Å². The average Bonchev–Trinajstić information content (AvgIpc) is 2.29. The van der Waals surface area contributed by atoms with Gasteiger partial charge in [0, 0.05) is 12.6 Å². The van der Waals surface area contributed by atoms with E-state index in [-0.39, 0.29) is 30.4 Å². The molecule has 1 aliphatic heterocycles. The van der Waals surface area contributed by atoms with Crippen molar-refractivity contribution in [3.05, 3.63) is 0 Å². The maximum absolute atomic E-state index is 11.9. The van der Waals surface area contributed by atoms with E-state index in [0.29, 0.717) is 13.2 Å². The van der Waals surface area contributed by atoms with Crippen LogP contribution in [0, 0.1) is 5.92 Å². The minimum atomic E-state index is -0.170. The van der Waals surface area contributed by atoms with Gasteiger partial charge in [-0.3, -0.25) is 4.79 Å². The first kappa shape index (κ1) is 17.7. The van der Waals surface area contributed by atoms with E-state index in [0.717, 1.165) is 18.9 Å². The second-order valence-electron chi connectivity index (χ2n) is 5.32. The third-order valence-corrected chi connectivity index (χ3v) is 3.05. The number of halogens is 1. The van der Waals surface area contributed by atoms with Gasteiger partial charge in [0.05, 0.1) is 13.2 Å². The molecular weight excluding hydrogens is 252 g/mol. The summed E-state index contributed by atoms with van der Waals surface area (Å²) in [5.41, 5.74) is 0. The number of rotatable bonds is 6. The maximum atomic E-state index is 11.9. The first-order valence-corrected chi connectivity index (χ1v) is 6.71. The fourth-order valence-electron chi connectivity index (χ4n) is 1.98. The molecule has 0 aromatic heterocycles. The summed E-state index contributed by atoms with van der Waals surface area (Å²) in [6.07, 6.45) is 3.45. The molecule has 0 saturated carbocycles. The number of ether oxygens (including phenoxy) is 1. The van der Waals surface area contributed by atoms with Crippen molar-refractivity contribution in [2.75, 3.05) is 19.8 Å². The highest BCUT2D eigenvalue weighted by molar-refractivity contribution is 5.85. The van der Waals surface area contributed by atoms with Crippen LogP contribution in [-0.2, 0) is 9.53 Å². The summed E-state index contributed by atoms with van der Waals surface area (Å²) in [6.45, 7) is 8.49. The zero-order valence-electron chi connectivity index (χ0n) is 11.7. The molecule has 5 heteroatoms. The Hall–Kier alpha value is -0.320. The van der Waals surface area contributed by atoms with Gasteiger partial charge in [-0.1, -0.05) is 26.7 Å². The standard InChI is InChI=1S/C13H26N2O2.ClH/c1-10(2)5-4-6-11(3)15-13(16)12-9-17-8-7-14-12;/h10-12,14H,4-9H2,1-3H3,(H,15,16);1H. The second-order valence-corrected chi connectivity index (χ2v) is 5.32. The first-order chi connectivity index (χ1) is 8.09. The molecule has 2 N–H and O–H groups in total. The van der Waals surface area contributed by atoms with Gasteiger partial charge in [0.2, 0.25) is 5.91 Å². The summed E-state index contributed by atoms with van der Waals surface area (Å²) in [6, 6.07) is 0.0845. The van der Waals surface area contributed by atoms with E-state index in [4.69, 9.17) is 4.74 Å². The molecule has 0 aromatic rings. The molecule has 0 bridgehead atoms. The molecule has 0 radical (unpaired) electrons. The van der Waals surface area contributed by atoms with Crippen molar-refractivity contribution in [3.63, 3.8) is 0 Å². The Kier molecular flexibility index (Phi) is 9.42. The SMILES string of the molecule is CC(C)CCCC(C)NC(=O)C1COCCN1.Cl. The van der Waals surface area contributed by atoms with E-state index in [9.17, 15) is 4.79 Å². The van der Waals surface area contributed by atoms with Gasteiger partial charge in [-0.05, 0) is 19.3 Å². The van der Waals surface area contributed by atoms with E-state index < -0.39 is 0 Å². The average molecular weight is 279 g/mol. The predicted molar refractivity (Wildman–Crippen MR) is 76.2 cm³/mol. The Morgan fingerprint density at radius 2 is 2.11 bits per heavy atom. The zero-order valence-corrected chi connectivity index (χ0v) is 12.5. The van der Waals surface area contributed by atoms with Crippen molar-refractivity contribution in [2.45, 2.75) is 52.1 Å². The van der Waals surface area contributed by atoms with Crippen molar-refractivity contribution in [2.24, 2.45) is 5.92 Å². The van der Waals surface area contributed by atoms with Crippen LogP contribution in [0.3, 0.4) is 0 Å². The summed E-state index contributed by atoms with van der Waals surface area (Å²) >= 11 is 0. The van der Waals surface area contributed by atoms with Crippen LogP contribution < -0.4 is 10.6 Å². The molecule has 4 nitrogen and oxygen atoms in total. The maximum Gasteiger partial charge on any atom is 0.239 e. The lowest BCUT2D eigenvalue weighted by Gasteiger charge is -2.24. The molecule has 1 heterocycles. The van der Waals surface area contributed by atoms with Crippen LogP contribution in [0.15, 0.2) is 0 Å². The van der Waals surface area contributed by atoms with E-state index in [1.165, 1.54) is 12.8 Å². The predicted octanol–water partition coefficient (Wildman–Crippen LogP) is 1.73. The Balaban J connectivity index is 0.00000289. The molecule has 108 valence electrons. The van der Waals surface area contributed by atoms with Gasteiger partial charge in [0.1, 0.15) is 6.04 Å². The summed E-state index contributed by atoms with van der Waals surface area (Å²) < 4.78 is 5.27. The Labute approximate surface area is 117 Å². The second kappa shape index (κ2) is 9.59. The topological polar surface area (TPSA) is 50.4 Å². The smallest absolute Gasteiger partial charge is 0.239 e. The Morgan fingerprint density at radius 1 is 1.39 bits per heavy atom. The highest BCUT2D eigenvalue weighted by atomic mass is 35.5. The number of carbonyl (C=O) groups is 1. The summed E-state index contributed by atoms with van der Waals surface area (Å²) in [5, 5.41) is 6.20. The van der Waals surface area contributed by atoms with E-state index in [1.807, 2.05) is 0 Å². The van der Waals surface area contributed by atoms with Gasteiger partial charge in [-0.2, -0.15) is 0 Å². The van der Waals surface area contributed by atoms with Crippen LogP contribution in [0.5, 0.6) is 0 Å². The number of hydrogen-bond acceptors (Lipinski definition) is 3. The van der Waals surface area contributed by atoms with Gasteiger partial charge in [-0.15, -0.1) is 12.4 Å². The number of nitrogens with one attached hydrogen (secondary N) is 2. The minimum absolute atomic E-state index is 0. The molecule has 1 amide bonds. The fourth-order valence-corrected chi connectivity index (χ4v) is 1.98. The lowest BCUT2D eigenvalue weighted by Crippen LogP contribution is -2.52. The number of amides is 1. The highest BCUT2D eigenvalue weighted by Crippen LogP contribution is 2.08. The quantitative estimate of drug-likeness (QED) is 0.778. The largest absolute Gasteiger partial charge is 0.378 e. The van der Waals surface area contributed by atoms with Crippen LogP contribution in [-0.4, -0.2) is 37.7 Å². The molecule has 2 atom stereocenters.